The average molecular weight is 580 g/mol. The summed E-state index contributed by atoms with van der Waals surface area (Å²) in [6, 6.07) is 6.98. The van der Waals surface area contributed by atoms with E-state index >= 15 is 0 Å². The van der Waals surface area contributed by atoms with E-state index in [9.17, 15) is 9.90 Å². The molecule has 1 saturated heterocycles. The highest BCUT2D eigenvalue weighted by Gasteiger charge is 2.23. The predicted octanol–water partition coefficient (Wildman–Crippen LogP) is 4.92. The summed E-state index contributed by atoms with van der Waals surface area (Å²) in [6.07, 6.45) is 5.84. The van der Waals surface area contributed by atoms with Crippen LogP contribution in [0.25, 0.3) is 16.6 Å². The first-order valence-corrected chi connectivity index (χ1v) is 18.1. The Balaban J connectivity index is 1.38. The molecule has 12 heteroatoms. The Morgan fingerprint density at radius 3 is 2.71 bits per heavy atom. The first kappa shape index (κ1) is 29.0. The van der Waals surface area contributed by atoms with Crippen molar-refractivity contribution < 1.29 is 19.4 Å². The lowest BCUT2D eigenvalue weighted by molar-refractivity contribution is 0.0898. The smallest absolute Gasteiger partial charge is 0.407 e. The minimum absolute atomic E-state index is 0.124. The summed E-state index contributed by atoms with van der Waals surface area (Å²) in [5, 5.41) is 13.9. The van der Waals surface area contributed by atoms with Gasteiger partial charge in [0.25, 0.3) is 0 Å². The molecule has 0 spiro atoms. The zero-order valence-corrected chi connectivity index (χ0v) is 25.5. The summed E-state index contributed by atoms with van der Waals surface area (Å²) in [4.78, 5) is 29.2. The highest BCUT2D eigenvalue weighted by Crippen LogP contribution is 2.35. The molecule has 41 heavy (non-hydrogen) atoms. The van der Waals surface area contributed by atoms with E-state index in [0.29, 0.717) is 46.1 Å². The zero-order chi connectivity index (χ0) is 29.0. The number of rotatable bonds is 10. The van der Waals surface area contributed by atoms with Crippen molar-refractivity contribution in [2.75, 3.05) is 56.2 Å². The molecule has 2 aliphatic heterocycles. The summed E-state index contributed by atoms with van der Waals surface area (Å²) in [5.41, 5.74) is 4.05. The third kappa shape index (κ3) is 7.06. The second kappa shape index (κ2) is 12.6. The van der Waals surface area contributed by atoms with E-state index < -0.39 is 14.2 Å². The number of ether oxygens (including phenoxy) is 2. The lowest BCUT2D eigenvalue weighted by Crippen LogP contribution is -2.48. The van der Waals surface area contributed by atoms with Crippen LogP contribution in [-0.2, 0) is 16.2 Å². The highest BCUT2D eigenvalue weighted by atomic mass is 28.3. The number of aromatic nitrogens is 4. The van der Waals surface area contributed by atoms with Gasteiger partial charge >= 0.3 is 6.09 Å². The average Bonchev–Trinajstić information content (AvgIpc) is 3.35. The molecule has 0 aliphatic carbocycles. The van der Waals surface area contributed by atoms with E-state index in [1.807, 2.05) is 18.2 Å². The fraction of sp³-hybridized carbons (Fsp3) is 0.517. The van der Waals surface area contributed by atoms with Crippen molar-refractivity contribution in [1.82, 2.24) is 24.4 Å². The Morgan fingerprint density at radius 1 is 1.20 bits per heavy atom. The molecule has 5 heterocycles. The summed E-state index contributed by atoms with van der Waals surface area (Å²) in [5.74, 6) is 1.61. The maximum Gasteiger partial charge on any atom is 0.407 e. The van der Waals surface area contributed by atoms with Gasteiger partial charge in [0, 0.05) is 52.6 Å². The van der Waals surface area contributed by atoms with Crippen molar-refractivity contribution in [3.63, 3.8) is 0 Å². The Kier molecular flexibility index (Phi) is 8.90. The fourth-order valence-electron chi connectivity index (χ4n) is 5.15. The molecule has 0 radical (unpaired) electrons. The molecule has 0 aromatic carbocycles. The van der Waals surface area contributed by atoms with Crippen LogP contribution in [0, 0.1) is 0 Å². The van der Waals surface area contributed by atoms with Gasteiger partial charge in [-0.3, -0.25) is 0 Å². The number of pyridine rings is 1. The number of fused-ring (bicyclic) bond motifs is 1. The van der Waals surface area contributed by atoms with Crippen LogP contribution in [-0.4, -0.2) is 89.7 Å². The third-order valence-electron chi connectivity index (χ3n) is 7.62. The number of nitrogens with one attached hydrogen (secondary N) is 1. The molecule has 1 amide bonds. The quantitative estimate of drug-likeness (QED) is 0.255. The highest BCUT2D eigenvalue weighted by molar-refractivity contribution is 6.76. The third-order valence-corrected chi connectivity index (χ3v) is 9.32. The van der Waals surface area contributed by atoms with Gasteiger partial charge in [-0.15, -0.1) is 0 Å². The molecule has 220 valence electrons. The van der Waals surface area contributed by atoms with Crippen molar-refractivity contribution in [2.24, 2.45) is 0 Å². The minimum Gasteiger partial charge on any atom is -0.465 e. The van der Waals surface area contributed by atoms with E-state index in [0.717, 1.165) is 53.0 Å². The maximum absolute atomic E-state index is 11.3. The van der Waals surface area contributed by atoms with Gasteiger partial charge in [0.15, 0.2) is 0 Å². The van der Waals surface area contributed by atoms with Crippen molar-refractivity contribution in [3.05, 3.63) is 48.1 Å². The van der Waals surface area contributed by atoms with Gasteiger partial charge in [0.2, 0.25) is 0 Å². The topological polar surface area (TPSA) is 118 Å². The van der Waals surface area contributed by atoms with E-state index in [1.54, 1.807) is 6.33 Å². The van der Waals surface area contributed by atoms with Gasteiger partial charge in [-0.1, -0.05) is 31.8 Å². The minimum atomic E-state index is -1.18. The molecule has 1 unspecified atom stereocenters. The SMILES string of the molecule is CC(Nc1ncnc2c1c(C1=CCOCC1)cn2COCC[Si](C)(C)C)c1cccc(N2CCN(C(=O)O)CC2)n1. The van der Waals surface area contributed by atoms with Crippen LogP contribution in [0.5, 0.6) is 0 Å². The lowest BCUT2D eigenvalue weighted by Gasteiger charge is -2.34. The Bertz CT molecular complexity index is 1400. The molecule has 1 atom stereocenters. The molecular formula is C29H41N7O4Si. The number of nitrogens with zero attached hydrogens (tertiary/aromatic N) is 6. The molecule has 3 aromatic rings. The zero-order valence-electron chi connectivity index (χ0n) is 24.5. The van der Waals surface area contributed by atoms with E-state index in [-0.39, 0.29) is 6.04 Å². The fourth-order valence-corrected chi connectivity index (χ4v) is 5.91. The van der Waals surface area contributed by atoms with Crippen molar-refractivity contribution >= 4 is 42.4 Å². The molecule has 3 aromatic heterocycles. The van der Waals surface area contributed by atoms with Crippen LogP contribution in [0.15, 0.2) is 36.8 Å². The van der Waals surface area contributed by atoms with Gasteiger partial charge < -0.3 is 34.3 Å². The van der Waals surface area contributed by atoms with Crippen molar-refractivity contribution in [1.29, 1.82) is 0 Å². The molecule has 0 saturated carbocycles. The van der Waals surface area contributed by atoms with Gasteiger partial charge in [-0.05, 0) is 37.1 Å². The number of hydrogen-bond donors (Lipinski definition) is 2. The number of carboxylic acid groups (broad SMARTS) is 1. The van der Waals surface area contributed by atoms with E-state index in [4.69, 9.17) is 14.5 Å². The number of hydrogen-bond acceptors (Lipinski definition) is 8. The van der Waals surface area contributed by atoms with Crippen LogP contribution in [0.2, 0.25) is 25.7 Å². The Labute approximate surface area is 242 Å². The van der Waals surface area contributed by atoms with Gasteiger partial charge in [-0.25, -0.2) is 19.7 Å². The maximum atomic E-state index is 11.3. The first-order valence-electron chi connectivity index (χ1n) is 14.3. The van der Waals surface area contributed by atoms with Gasteiger partial charge in [-0.2, -0.15) is 0 Å². The van der Waals surface area contributed by atoms with Gasteiger partial charge in [0.05, 0.1) is 30.3 Å². The molecule has 2 aliphatic rings. The largest absolute Gasteiger partial charge is 0.465 e. The Hall–Kier alpha value is -3.48. The van der Waals surface area contributed by atoms with Crippen molar-refractivity contribution in [3.8, 4) is 0 Å². The number of piperazine rings is 1. The molecule has 0 bridgehead atoms. The first-order chi connectivity index (χ1) is 19.7. The normalized spacial score (nSPS) is 17.0. The predicted molar refractivity (Wildman–Crippen MR) is 163 cm³/mol. The number of amides is 1. The summed E-state index contributed by atoms with van der Waals surface area (Å²) >= 11 is 0. The van der Waals surface area contributed by atoms with E-state index in [2.05, 4.69) is 63.6 Å². The van der Waals surface area contributed by atoms with Crippen LogP contribution in [0.3, 0.4) is 0 Å². The molecule has 2 N–H and O–H groups in total. The summed E-state index contributed by atoms with van der Waals surface area (Å²) in [7, 11) is -1.18. The van der Waals surface area contributed by atoms with Gasteiger partial charge in [0.1, 0.15) is 30.3 Å². The summed E-state index contributed by atoms with van der Waals surface area (Å²) in [6.45, 7) is 13.8. The second-order valence-corrected chi connectivity index (χ2v) is 17.5. The monoisotopic (exact) mass is 579 g/mol. The number of anilines is 2. The standard InChI is InChI=1S/C29H41N7O4Si/c1-21(24-6-5-7-25(33-24)34-10-12-35(13-11-34)29(37)38)32-27-26-23(22-8-14-39-15-9-22)18-36(28(26)31-19-30-27)20-40-16-17-41(2,3)4/h5-8,18-19,21H,9-17,20H2,1-4H3,(H,37,38)(H,30,31,32). The van der Waals surface area contributed by atoms with Crippen molar-refractivity contribution in [2.45, 2.75) is 51.8 Å². The summed E-state index contributed by atoms with van der Waals surface area (Å²) < 4.78 is 13.8. The Morgan fingerprint density at radius 2 is 2.00 bits per heavy atom. The van der Waals surface area contributed by atoms with Crippen LogP contribution >= 0.6 is 0 Å². The van der Waals surface area contributed by atoms with Crippen LogP contribution in [0.1, 0.15) is 30.6 Å². The second-order valence-electron chi connectivity index (χ2n) is 11.9. The molecular weight excluding hydrogens is 538 g/mol. The molecule has 1 fully saturated rings. The van der Waals surface area contributed by atoms with Crippen LogP contribution < -0.4 is 10.2 Å². The lowest BCUT2D eigenvalue weighted by atomic mass is 10.0. The van der Waals surface area contributed by atoms with E-state index in [1.165, 1.54) is 10.5 Å². The molecule has 5 rings (SSSR count). The molecule has 11 nitrogen and oxygen atoms in total. The number of carbonyl (C=O) groups is 1. The van der Waals surface area contributed by atoms with Crippen LogP contribution in [0.4, 0.5) is 16.4 Å².